The normalized spacial score (nSPS) is 14.6. The number of rotatable bonds is 12. The smallest absolute Gasteiger partial charge is 0.251 e. The fraction of sp³-hybridized carbons (Fsp3) is 0.458. The van der Waals surface area contributed by atoms with Gasteiger partial charge in [-0.2, -0.15) is 0 Å². The van der Waals surface area contributed by atoms with Gasteiger partial charge in [-0.3, -0.25) is 4.79 Å². The molecule has 3 rings (SSSR count). The topological polar surface area (TPSA) is 93.7 Å². The molecule has 0 bridgehead atoms. The van der Waals surface area contributed by atoms with Crippen molar-refractivity contribution in [2.45, 2.75) is 63.4 Å². The lowest BCUT2D eigenvalue weighted by atomic mass is 10.1. The Balaban J connectivity index is 1.67. The second-order valence-electron chi connectivity index (χ2n) is 8.02. The highest BCUT2D eigenvalue weighted by Gasteiger charge is 2.28. The molecule has 1 amide bonds. The highest BCUT2D eigenvalue weighted by Crippen LogP contribution is 2.31. The molecule has 0 aromatic heterocycles. The molecule has 32 heavy (non-hydrogen) atoms. The summed E-state index contributed by atoms with van der Waals surface area (Å²) < 4.78 is 38.8. The number of sulfonamides is 1. The minimum atomic E-state index is -3.54. The number of carbonyl (C=O) groups excluding carboxylic acids is 1. The van der Waals surface area contributed by atoms with Gasteiger partial charge in [0.05, 0.1) is 24.2 Å². The van der Waals surface area contributed by atoms with Crippen LogP contribution in [-0.4, -0.2) is 33.6 Å². The van der Waals surface area contributed by atoms with Crippen molar-refractivity contribution in [1.29, 1.82) is 0 Å². The highest BCUT2D eigenvalue weighted by atomic mass is 32.2. The summed E-state index contributed by atoms with van der Waals surface area (Å²) >= 11 is 0. The molecule has 1 saturated carbocycles. The first kappa shape index (κ1) is 24.1. The van der Waals surface area contributed by atoms with Gasteiger partial charge >= 0.3 is 0 Å². The van der Waals surface area contributed by atoms with Crippen LogP contribution in [0.5, 0.6) is 11.5 Å². The highest BCUT2D eigenvalue weighted by molar-refractivity contribution is 7.89. The monoisotopic (exact) mass is 460 g/mol. The van der Waals surface area contributed by atoms with E-state index in [1.165, 1.54) is 24.3 Å². The number of carbonyl (C=O) groups is 1. The Morgan fingerprint density at radius 3 is 2.22 bits per heavy atom. The third kappa shape index (κ3) is 6.46. The Kier molecular flexibility index (Phi) is 8.15. The van der Waals surface area contributed by atoms with E-state index in [0.717, 1.165) is 31.2 Å². The summed E-state index contributed by atoms with van der Waals surface area (Å²) in [4.78, 5) is 12.9. The van der Waals surface area contributed by atoms with Crippen LogP contribution in [-0.2, 0) is 10.0 Å². The third-order valence-corrected chi connectivity index (χ3v) is 6.60. The lowest BCUT2D eigenvalue weighted by molar-refractivity contribution is 0.0939. The van der Waals surface area contributed by atoms with Crippen molar-refractivity contribution in [3.8, 4) is 11.5 Å². The zero-order chi connectivity index (χ0) is 23.1. The standard InChI is InChI=1S/C24H32N2O5S/c1-4-14-30-22-13-8-19(16-23(22)31-15-5-2)17(3)25-24(27)18-6-11-21(12-7-18)32(28,29)26-20-9-10-20/h6-8,11-13,16-17,20,26H,4-5,9-10,14-15H2,1-3H3,(H,25,27). The predicted molar refractivity (Wildman–Crippen MR) is 124 cm³/mol. The minimum absolute atomic E-state index is 0.0359. The van der Waals surface area contributed by atoms with Gasteiger partial charge in [0.2, 0.25) is 10.0 Å². The maximum atomic E-state index is 12.7. The minimum Gasteiger partial charge on any atom is -0.490 e. The summed E-state index contributed by atoms with van der Waals surface area (Å²) in [7, 11) is -3.54. The molecule has 0 spiro atoms. The first-order valence-corrected chi connectivity index (χ1v) is 12.6. The molecule has 2 N–H and O–H groups in total. The molecule has 1 unspecified atom stereocenters. The summed E-state index contributed by atoms with van der Waals surface area (Å²) in [6, 6.07) is 11.4. The molecule has 0 saturated heterocycles. The van der Waals surface area contributed by atoms with Gasteiger partial charge < -0.3 is 14.8 Å². The quantitative estimate of drug-likeness (QED) is 0.495. The van der Waals surface area contributed by atoms with Crippen LogP contribution in [0.15, 0.2) is 47.4 Å². The Bertz CT molecular complexity index is 1020. The van der Waals surface area contributed by atoms with Crippen molar-refractivity contribution in [1.82, 2.24) is 10.0 Å². The van der Waals surface area contributed by atoms with Gasteiger partial charge in [-0.25, -0.2) is 13.1 Å². The van der Waals surface area contributed by atoms with E-state index in [9.17, 15) is 13.2 Å². The second-order valence-corrected chi connectivity index (χ2v) is 9.73. The number of ether oxygens (including phenoxy) is 2. The Hall–Kier alpha value is -2.58. The Labute approximate surface area is 190 Å². The van der Waals surface area contributed by atoms with E-state index in [2.05, 4.69) is 10.0 Å². The largest absolute Gasteiger partial charge is 0.490 e. The molecule has 0 heterocycles. The van der Waals surface area contributed by atoms with Gasteiger partial charge in [0.15, 0.2) is 11.5 Å². The maximum Gasteiger partial charge on any atom is 0.251 e. The van der Waals surface area contributed by atoms with Crippen molar-refractivity contribution in [2.75, 3.05) is 13.2 Å². The number of hydrogen-bond donors (Lipinski definition) is 2. The van der Waals surface area contributed by atoms with E-state index in [-0.39, 0.29) is 22.9 Å². The molecule has 2 aromatic rings. The van der Waals surface area contributed by atoms with Gasteiger partial charge in [-0.15, -0.1) is 0 Å². The molecule has 0 radical (unpaired) electrons. The van der Waals surface area contributed by atoms with Crippen LogP contribution in [0.25, 0.3) is 0 Å². The molecule has 2 aromatic carbocycles. The number of amides is 1. The fourth-order valence-corrected chi connectivity index (χ4v) is 4.39. The molecule has 1 aliphatic rings. The second kappa shape index (κ2) is 10.8. The molecule has 174 valence electrons. The summed E-state index contributed by atoms with van der Waals surface area (Å²) in [6.45, 7) is 7.16. The van der Waals surface area contributed by atoms with Crippen LogP contribution in [0.1, 0.15) is 68.4 Å². The maximum absolute atomic E-state index is 12.7. The SMILES string of the molecule is CCCOc1ccc(C(C)NC(=O)c2ccc(S(=O)(=O)NC3CC3)cc2)cc1OCCC. The number of nitrogens with one attached hydrogen (secondary N) is 2. The van der Waals surface area contributed by atoms with Crippen molar-refractivity contribution in [3.05, 3.63) is 53.6 Å². The van der Waals surface area contributed by atoms with Crippen molar-refractivity contribution >= 4 is 15.9 Å². The molecule has 1 fully saturated rings. The van der Waals surface area contributed by atoms with Crippen molar-refractivity contribution in [2.24, 2.45) is 0 Å². The summed E-state index contributed by atoms with van der Waals surface area (Å²) in [5.74, 6) is 1.08. The van der Waals surface area contributed by atoms with Crippen LogP contribution in [0.2, 0.25) is 0 Å². The predicted octanol–water partition coefficient (Wildman–Crippen LogP) is 4.20. The number of hydrogen-bond acceptors (Lipinski definition) is 5. The van der Waals surface area contributed by atoms with Crippen molar-refractivity contribution in [3.63, 3.8) is 0 Å². The van der Waals surface area contributed by atoms with E-state index < -0.39 is 10.0 Å². The average molecular weight is 461 g/mol. The van der Waals surface area contributed by atoms with Crippen LogP contribution in [0, 0.1) is 0 Å². The van der Waals surface area contributed by atoms with Crippen LogP contribution in [0.3, 0.4) is 0 Å². The summed E-state index contributed by atoms with van der Waals surface area (Å²) in [6.07, 6.45) is 3.52. The first-order chi connectivity index (χ1) is 15.3. The third-order valence-electron chi connectivity index (χ3n) is 5.06. The van der Waals surface area contributed by atoms with Crippen LogP contribution < -0.4 is 19.5 Å². The lowest BCUT2D eigenvalue weighted by Gasteiger charge is -2.18. The molecule has 8 heteroatoms. The summed E-state index contributed by atoms with van der Waals surface area (Å²) in [5, 5.41) is 2.96. The van der Waals surface area contributed by atoms with Gasteiger partial charge in [0, 0.05) is 11.6 Å². The van der Waals surface area contributed by atoms with Gasteiger partial charge in [-0.05, 0) is 74.6 Å². The van der Waals surface area contributed by atoms with E-state index >= 15 is 0 Å². The van der Waals surface area contributed by atoms with E-state index in [1.54, 1.807) is 0 Å². The van der Waals surface area contributed by atoms with E-state index in [1.807, 2.05) is 39.0 Å². The fourth-order valence-electron chi connectivity index (χ4n) is 3.09. The number of benzene rings is 2. The van der Waals surface area contributed by atoms with Crippen LogP contribution >= 0.6 is 0 Å². The zero-order valence-electron chi connectivity index (χ0n) is 18.9. The first-order valence-electron chi connectivity index (χ1n) is 11.2. The average Bonchev–Trinajstić information content (AvgIpc) is 3.59. The Morgan fingerprint density at radius 2 is 1.62 bits per heavy atom. The zero-order valence-corrected chi connectivity index (χ0v) is 19.7. The van der Waals surface area contributed by atoms with Crippen LogP contribution in [0.4, 0.5) is 0 Å². The molecule has 7 nitrogen and oxygen atoms in total. The molecular weight excluding hydrogens is 428 g/mol. The molecule has 1 atom stereocenters. The lowest BCUT2D eigenvalue weighted by Crippen LogP contribution is -2.27. The van der Waals surface area contributed by atoms with E-state index in [0.29, 0.717) is 30.3 Å². The van der Waals surface area contributed by atoms with Crippen molar-refractivity contribution < 1.29 is 22.7 Å². The van der Waals surface area contributed by atoms with Gasteiger partial charge in [0.25, 0.3) is 5.91 Å². The van der Waals surface area contributed by atoms with E-state index in [4.69, 9.17) is 9.47 Å². The molecule has 1 aliphatic carbocycles. The van der Waals surface area contributed by atoms with Gasteiger partial charge in [0.1, 0.15) is 0 Å². The molecule has 0 aliphatic heterocycles. The van der Waals surface area contributed by atoms with Gasteiger partial charge in [-0.1, -0.05) is 19.9 Å². The Morgan fingerprint density at radius 1 is 1.00 bits per heavy atom. The molecular formula is C24H32N2O5S. The summed E-state index contributed by atoms with van der Waals surface area (Å²) in [5.41, 5.74) is 1.29.